The molecule has 0 aliphatic rings. The van der Waals surface area contributed by atoms with Crippen LogP contribution in [0.3, 0.4) is 0 Å². The molecule has 3 aromatic carbocycles. The lowest BCUT2D eigenvalue weighted by Gasteiger charge is -2.23. The molecule has 1 N–H and O–H groups in total. The molecule has 4 rings (SSSR count). The van der Waals surface area contributed by atoms with Crippen molar-refractivity contribution >= 4 is 22.4 Å². The first-order valence-electron chi connectivity index (χ1n) is 10.9. The Morgan fingerprint density at radius 1 is 0.939 bits per heavy atom. The normalized spacial score (nSPS) is 11.3. The number of hydrogen-bond acceptors (Lipinski definition) is 4. The highest BCUT2D eigenvalue weighted by Crippen LogP contribution is 2.32. The Morgan fingerprint density at radius 2 is 1.61 bits per heavy atom. The summed E-state index contributed by atoms with van der Waals surface area (Å²) < 4.78 is 5.86. The first kappa shape index (κ1) is 22.7. The van der Waals surface area contributed by atoms with Gasteiger partial charge in [0.15, 0.2) is 11.7 Å². The summed E-state index contributed by atoms with van der Waals surface area (Å²) in [4.78, 5) is 17.1. The van der Waals surface area contributed by atoms with E-state index in [0.717, 1.165) is 28.1 Å². The van der Waals surface area contributed by atoms with Gasteiger partial charge in [0, 0.05) is 10.9 Å². The minimum Gasteiger partial charge on any atom is -0.483 e. The van der Waals surface area contributed by atoms with Crippen LogP contribution in [-0.2, 0) is 10.2 Å². The average Bonchev–Trinajstić information content (AvgIpc) is 3.26. The summed E-state index contributed by atoms with van der Waals surface area (Å²) in [6, 6.07) is 24.6. The molecule has 1 aromatic heterocycles. The number of rotatable bonds is 6. The van der Waals surface area contributed by atoms with E-state index in [1.165, 1.54) is 22.5 Å². The van der Waals surface area contributed by atoms with Gasteiger partial charge in [-0.05, 0) is 35.1 Å². The molecular formula is C28H28N2O2S. The van der Waals surface area contributed by atoms with Gasteiger partial charge in [0.05, 0.1) is 5.69 Å². The number of benzene rings is 3. The van der Waals surface area contributed by atoms with Crippen molar-refractivity contribution < 1.29 is 9.53 Å². The van der Waals surface area contributed by atoms with E-state index in [-0.39, 0.29) is 17.9 Å². The molecule has 168 valence electrons. The number of aromatic nitrogens is 1. The predicted molar refractivity (Wildman–Crippen MR) is 137 cm³/mol. The van der Waals surface area contributed by atoms with Crippen LogP contribution in [0.5, 0.6) is 5.75 Å². The number of carbonyl (C=O) groups is 1. The highest BCUT2D eigenvalue weighted by molar-refractivity contribution is 7.14. The molecule has 1 amide bonds. The quantitative estimate of drug-likeness (QED) is 0.337. The molecule has 0 aliphatic heterocycles. The lowest BCUT2D eigenvalue weighted by Crippen LogP contribution is -2.22. The molecule has 0 saturated heterocycles. The fourth-order valence-electron chi connectivity index (χ4n) is 3.58. The fourth-order valence-corrected chi connectivity index (χ4v) is 4.32. The number of thiazole rings is 1. The number of amides is 1. The lowest BCUT2D eigenvalue weighted by atomic mass is 9.85. The van der Waals surface area contributed by atoms with Crippen molar-refractivity contribution in [3.63, 3.8) is 0 Å². The first-order chi connectivity index (χ1) is 15.8. The van der Waals surface area contributed by atoms with Crippen LogP contribution in [0.2, 0.25) is 0 Å². The zero-order chi connectivity index (χ0) is 23.4. The first-order valence-corrected chi connectivity index (χ1v) is 11.8. The third-order valence-corrected chi connectivity index (χ3v) is 6.10. The molecule has 0 atom stereocenters. The zero-order valence-corrected chi connectivity index (χ0v) is 20.2. The molecule has 0 saturated carbocycles. The minimum atomic E-state index is -0.226. The molecule has 0 aliphatic carbocycles. The van der Waals surface area contributed by atoms with E-state index in [2.05, 4.69) is 80.5 Å². The Labute approximate surface area is 199 Å². The summed E-state index contributed by atoms with van der Waals surface area (Å²) in [5.41, 5.74) is 6.37. The maximum absolute atomic E-state index is 12.5. The van der Waals surface area contributed by atoms with Crippen LogP contribution >= 0.6 is 11.3 Å². The number of carbonyl (C=O) groups excluding carboxylic acids is 1. The monoisotopic (exact) mass is 456 g/mol. The number of anilines is 1. The average molecular weight is 457 g/mol. The van der Waals surface area contributed by atoms with Crippen molar-refractivity contribution in [2.45, 2.75) is 33.1 Å². The van der Waals surface area contributed by atoms with Gasteiger partial charge in [-0.2, -0.15) is 0 Å². The lowest BCUT2D eigenvalue weighted by molar-refractivity contribution is -0.118. The van der Waals surface area contributed by atoms with Gasteiger partial charge in [-0.3, -0.25) is 10.1 Å². The highest BCUT2D eigenvalue weighted by atomic mass is 32.1. The number of ether oxygens (including phenoxy) is 1. The molecule has 0 spiro atoms. The number of nitrogens with one attached hydrogen (secondary N) is 1. The van der Waals surface area contributed by atoms with Crippen LogP contribution < -0.4 is 10.1 Å². The third-order valence-electron chi connectivity index (χ3n) is 5.34. The van der Waals surface area contributed by atoms with E-state index in [1.807, 2.05) is 35.7 Å². The molecule has 5 heteroatoms. The molecule has 1 heterocycles. The Kier molecular flexibility index (Phi) is 6.61. The van der Waals surface area contributed by atoms with Crippen molar-refractivity contribution in [1.82, 2.24) is 4.98 Å². The Hall–Kier alpha value is -3.44. The van der Waals surface area contributed by atoms with Gasteiger partial charge < -0.3 is 4.74 Å². The molecule has 0 fully saturated rings. The van der Waals surface area contributed by atoms with E-state index >= 15 is 0 Å². The molecular weight excluding hydrogens is 428 g/mol. The number of aryl methyl sites for hydroxylation is 1. The van der Waals surface area contributed by atoms with E-state index in [4.69, 9.17) is 4.74 Å². The Bertz CT molecular complexity index is 1240. The van der Waals surface area contributed by atoms with Gasteiger partial charge in [-0.15, -0.1) is 11.3 Å². The Balaban J connectivity index is 1.39. The van der Waals surface area contributed by atoms with Crippen LogP contribution in [0, 0.1) is 6.92 Å². The van der Waals surface area contributed by atoms with Gasteiger partial charge in [-0.25, -0.2) is 4.98 Å². The van der Waals surface area contributed by atoms with Gasteiger partial charge in [-0.1, -0.05) is 93.1 Å². The van der Waals surface area contributed by atoms with E-state index in [0.29, 0.717) is 5.13 Å². The zero-order valence-electron chi connectivity index (χ0n) is 19.4. The smallest absolute Gasteiger partial charge is 0.264 e. The summed E-state index contributed by atoms with van der Waals surface area (Å²) in [6.45, 7) is 8.41. The van der Waals surface area contributed by atoms with E-state index in [9.17, 15) is 4.79 Å². The Morgan fingerprint density at radius 3 is 2.30 bits per heavy atom. The predicted octanol–water partition coefficient (Wildman–Crippen LogP) is 7.10. The van der Waals surface area contributed by atoms with Crippen LogP contribution in [0.4, 0.5) is 5.13 Å². The summed E-state index contributed by atoms with van der Waals surface area (Å²) in [7, 11) is 0. The van der Waals surface area contributed by atoms with Crippen LogP contribution in [0.15, 0.2) is 78.2 Å². The van der Waals surface area contributed by atoms with Crippen molar-refractivity contribution in [3.8, 4) is 28.1 Å². The maximum Gasteiger partial charge on any atom is 0.264 e. The highest BCUT2D eigenvalue weighted by Gasteiger charge is 2.20. The fraction of sp³-hybridized carbons (Fsp3) is 0.214. The molecule has 33 heavy (non-hydrogen) atoms. The molecule has 0 radical (unpaired) electrons. The van der Waals surface area contributed by atoms with Crippen molar-refractivity contribution in [2.24, 2.45) is 0 Å². The second kappa shape index (κ2) is 9.59. The third kappa shape index (κ3) is 5.68. The van der Waals surface area contributed by atoms with Crippen molar-refractivity contribution in [1.29, 1.82) is 0 Å². The minimum absolute atomic E-state index is 0.0627. The van der Waals surface area contributed by atoms with Gasteiger partial charge >= 0.3 is 0 Å². The van der Waals surface area contributed by atoms with Gasteiger partial charge in [0.1, 0.15) is 5.75 Å². The summed E-state index contributed by atoms with van der Waals surface area (Å²) in [5, 5.41) is 5.36. The van der Waals surface area contributed by atoms with E-state index in [1.54, 1.807) is 0 Å². The molecule has 0 unspecified atom stereocenters. The van der Waals surface area contributed by atoms with Crippen LogP contribution in [0.25, 0.3) is 22.4 Å². The van der Waals surface area contributed by atoms with Crippen molar-refractivity contribution in [2.75, 3.05) is 11.9 Å². The molecule has 4 aromatic rings. The van der Waals surface area contributed by atoms with Gasteiger partial charge in [0.25, 0.3) is 5.91 Å². The second-order valence-electron chi connectivity index (χ2n) is 9.07. The summed E-state index contributed by atoms with van der Waals surface area (Å²) >= 11 is 1.41. The van der Waals surface area contributed by atoms with Crippen LogP contribution in [-0.4, -0.2) is 17.5 Å². The summed E-state index contributed by atoms with van der Waals surface area (Å²) in [5.74, 6) is 0.511. The van der Waals surface area contributed by atoms with Crippen molar-refractivity contribution in [3.05, 3.63) is 89.3 Å². The SMILES string of the molecule is Cc1ccc(OCC(=O)Nc2nc(-c3ccc(-c4ccccc4)cc3)cs2)c(C(C)(C)C)c1. The maximum atomic E-state index is 12.5. The standard InChI is InChI=1S/C28H28N2O2S/c1-19-10-15-25(23(16-19)28(2,3)4)32-17-26(31)30-27-29-24(18-33-27)22-13-11-21(12-14-22)20-8-6-5-7-9-20/h5-16,18H,17H2,1-4H3,(H,29,30,31). The molecule has 0 bridgehead atoms. The molecule has 4 nitrogen and oxygen atoms in total. The summed E-state index contributed by atoms with van der Waals surface area (Å²) in [6.07, 6.45) is 0. The largest absolute Gasteiger partial charge is 0.483 e. The number of hydrogen-bond donors (Lipinski definition) is 1. The number of nitrogens with zero attached hydrogens (tertiary/aromatic N) is 1. The second-order valence-corrected chi connectivity index (χ2v) is 9.93. The van der Waals surface area contributed by atoms with Gasteiger partial charge in [0.2, 0.25) is 0 Å². The van der Waals surface area contributed by atoms with Crippen LogP contribution in [0.1, 0.15) is 31.9 Å². The van der Waals surface area contributed by atoms with E-state index < -0.39 is 0 Å². The topological polar surface area (TPSA) is 51.2 Å².